The fourth-order valence-corrected chi connectivity index (χ4v) is 2.52. The van der Waals surface area contributed by atoms with Crippen molar-refractivity contribution in [3.8, 4) is 5.75 Å². The maximum absolute atomic E-state index is 12.3. The number of rotatable bonds is 6. The van der Waals surface area contributed by atoms with Crippen molar-refractivity contribution in [2.45, 2.75) is 6.54 Å². The van der Waals surface area contributed by atoms with Crippen molar-refractivity contribution < 1.29 is 14.3 Å². The molecule has 0 aliphatic rings. The molecule has 0 saturated carbocycles. The number of anilines is 3. The molecule has 0 aliphatic heterocycles. The summed E-state index contributed by atoms with van der Waals surface area (Å²) < 4.78 is 6.32. The average Bonchev–Trinajstić information content (AvgIpc) is 3.04. The smallest absolute Gasteiger partial charge is 0.280 e. The molecule has 1 heterocycles. The standard InChI is InChI=1S/C18H17ClN6O3/c1-28-14-5-3-2-4-13(14)22-15(26)10-25-17(20)16(23-24-25)18(27)21-12-8-6-11(19)7-9-12/h2-9H,10,20H2,1H3,(H,21,27)(H,22,26). The molecule has 0 bridgehead atoms. The highest BCUT2D eigenvalue weighted by Crippen LogP contribution is 2.23. The summed E-state index contributed by atoms with van der Waals surface area (Å²) in [4.78, 5) is 24.6. The normalized spacial score (nSPS) is 10.4. The molecular weight excluding hydrogens is 384 g/mol. The third-order valence-corrected chi connectivity index (χ3v) is 4.02. The Labute approximate surface area is 165 Å². The Bertz CT molecular complexity index is 1000. The Morgan fingerprint density at radius 2 is 1.86 bits per heavy atom. The van der Waals surface area contributed by atoms with Gasteiger partial charge in [0.2, 0.25) is 5.91 Å². The summed E-state index contributed by atoms with van der Waals surface area (Å²) in [7, 11) is 1.51. The summed E-state index contributed by atoms with van der Waals surface area (Å²) in [6.45, 7) is -0.217. The lowest BCUT2D eigenvalue weighted by atomic mass is 10.3. The van der Waals surface area contributed by atoms with Gasteiger partial charge in [0, 0.05) is 10.7 Å². The molecule has 0 radical (unpaired) electrons. The van der Waals surface area contributed by atoms with Crippen LogP contribution in [0, 0.1) is 0 Å². The second-order valence-electron chi connectivity index (χ2n) is 5.69. The molecule has 3 rings (SSSR count). The van der Waals surface area contributed by atoms with E-state index in [4.69, 9.17) is 22.1 Å². The number of carbonyl (C=O) groups is 2. The molecule has 0 fully saturated rings. The lowest BCUT2D eigenvalue weighted by Crippen LogP contribution is -2.21. The van der Waals surface area contributed by atoms with Crippen LogP contribution >= 0.6 is 11.6 Å². The summed E-state index contributed by atoms with van der Waals surface area (Å²) in [5.74, 6) is -0.450. The predicted octanol–water partition coefficient (Wildman–Crippen LogP) is 2.41. The van der Waals surface area contributed by atoms with Gasteiger partial charge in [-0.1, -0.05) is 28.9 Å². The average molecular weight is 401 g/mol. The van der Waals surface area contributed by atoms with Crippen molar-refractivity contribution in [3.05, 3.63) is 59.2 Å². The quantitative estimate of drug-likeness (QED) is 0.583. The van der Waals surface area contributed by atoms with Crippen molar-refractivity contribution >= 4 is 40.6 Å². The molecule has 1 aromatic heterocycles. The first kappa shape index (κ1) is 19.2. The van der Waals surface area contributed by atoms with Crippen LogP contribution in [0.4, 0.5) is 17.2 Å². The van der Waals surface area contributed by atoms with Gasteiger partial charge in [-0.05, 0) is 36.4 Å². The van der Waals surface area contributed by atoms with Gasteiger partial charge in [0.05, 0.1) is 12.8 Å². The van der Waals surface area contributed by atoms with Gasteiger partial charge in [0.15, 0.2) is 11.5 Å². The molecule has 0 saturated heterocycles. The number of halogens is 1. The lowest BCUT2D eigenvalue weighted by Gasteiger charge is -2.10. The molecule has 2 amide bonds. The molecule has 28 heavy (non-hydrogen) atoms. The first-order valence-corrected chi connectivity index (χ1v) is 8.54. The van der Waals surface area contributed by atoms with Crippen LogP contribution in [0.1, 0.15) is 10.5 Å². The second-order valence-corrected chi connectivity index (χ2v) is 6.13. The first-order chi connectivity index (χ1) is 13.5. The number of nitrogens with one attached hydrogen (secondary N) is 2. The van der Waals surface area contributed by atoms with E-state index in [0.29, 0.717) is 22.1 Å². The highest BCUT2D eigenvalue weighted by atomic mass is 35.5. The minimum atomic E-state index is -0.545. The van der Waals surface area contributed by atoms with Crippen LogP contribution in [-0.4, -0.2) is 33.9 Å². The first-order valence-electron chi connectivity index (χ1n) is 8.16. The Balaban J connectivity index is 1.67. The monoisotopic (exact) mass is 400 g/mol. The molecule has 144 valence electrons. The molecule has 9 nitrogen and oxygen atoms in total. The number of carbonyl (C=O) groups excluding carboxylic acids is 2. The highest BCUT2D eigenvalue weighted by Gasteiger charge is 2.19. The summed E-state index contributed by atoms with van der Waals surface area (Å²) in [6, 6.07) is 13.5. The van der Waals surface area contributed by atoms with Gasteiger partial charge < -0.3 is 21.1 Å². The number of para-hydroxylation sites is 2. The molecule has 0 spiro atoms. The Kier molecular flexibility index (Phi) is 5.75. The van der Waals surface area contributed by atoms with E-state index < -0.39 is 11.8 Å². The summed E-state index contributed by atoms with van der Waals surface area (Å²) in [6.07, 6.45) is 0. The molecule has 2 aromatic carbocycles. The van der Waals surface area contributed by atoms with Crippen LogP contribution in [0.15, 0.2) is 48.5 Å². The van der Waals surface area contributed by atoms with Gasteiger partial charge in [-0.3, -0.25) is 9.59 Å². The van der Waals surface area contributed by atoms with E-state index >= 15 is 0 Å². The fraction of sp³-hybridized carbons (Fsp3) is 0.111. The summed E-state index contributed by atoms with van der Waals surface area (Å²) in [5, 5.41) is 13.4. The number of aromatic nitrogens is 3. The van der Waals surface area contributed by atoms with Crippen molar-refractivity contribution in [2.75, 3.05) is 23.5 Å². The Morgan fingerprint density at radius 1 is 1.14 bits per heavy atom. The molecule has 0 atom stereocenters. The number of nitrogen functional groups attached to an aromatic ring is 1. The van der Waals surface area contributed by atoms with Gasteiger partial charge in [-0.25, -0.2) is 4.68 Å². The maximum atomic E-state index is 12.3. The summed E-state index contributed by atoms with van der Waals surface area (Å²) in [5.41, 5.74) is 6.88. The number of ether oxygens (including phenoxy) is 1. The van der Waals surface area contributed by atoms with Crippen molar-refractivity contribution in [3.63, 3.8) is 0 Å². The summed E-state index contributed by atoms with van der Waals surface area (Å²) >= 11 is 5.82. The molecule has 0 aliphatic carbocycles. The van der Waals surface area contributed by atoms with Crippen molar-refractivity contribution in [1.29, 1.82) is 0 Å². The van der Waals surface area contributed by atoms with E-state index in [9.17, 15) is 9.59 Å². The highest BCUT2D eigenvalue weighted by molar-refractivity contribution is 6.30. The van der Waals surface area contributed by atoms with Gasteiger partial charge in [-0.2, -0.15) is 0 Å². The van der Waals surface area contributed by atoms with Crippen LogP contribution in [0.3, 0.4) is 0 Å². The molecule has 4 N–H and O–H groups in total. The Hall–Kier alpha value is -3.59. The van der Waals surface area contributed by atoms with E-state index in [1.165, 1.54) is 7.11 Å². The molecule has 3 aromatic rings. The number of nitrogens with zero attached hydrogens (tertiary/aromatic N) is 3. The zero-order chi connectivity index (χ0) is 20.1. The maximum Gasteiger partial charge on any atom is 0.280 e. The number of benzene rings is 2. The minimum Gasteiger partial charge on any atom is -0.495 e. The van der Waals surface area contributed by atoms with Crippen molar-refractivity contribution in [1.82, 2.24) is 15.0 Å². The third-order valence-electron chi connectivity index (χ3n) is 3.76. The number of nitrogens with two attached hydrogens (primary N) is 1. The number of hydrogen-bond donors (Lipinski definition) is 3. The Morgan fingerprint density at radius 3 is 2.57 bits per heavy atom. The van der Waals surface area contributed by atoms with E-state index in [-0.39, 0.29) is 18.1 Å². The molecule has 0 unspecified atom stereocenters. The van der Waals surface area contributed by atoms with Crippen LogP contribution in [-0.2, 0) is 11.3 Å². The number of methoxy groups -OCH3 is 1. The lowest BCUT2D eigenvalue weighted by molar-refractivity contribution is -0.116. The minimum absolute atomic E-state index is 0.0263. The van der Waals surface area contributed by atoms with Gasteiger partial charge in [-0.15, -0.1) is 5.10 Å². The van der Waals surface area contributed by atoms with Crippen LogP contribution in [0.5, 0.6) is 5.75 Å². The van der Waals surface area contributed by atoms with Gasteiger partial charge in [0.1, 0.15) is 12.3 Å². The molecule has 10 heteroatoms. The number of amides is 2. The van der Waals surface area contributed by atoms with Crippen molar-refractivity contribution in [2.24, 2.45) is 0 Å². The second kappa shape index (κ2) is 8.40. The zero-order valence-corrected chi connectivity index (χ0v) is 15.6. The van der Waals surface area contributed by atoms with E-state index in [1.54, 1.807) is 48.5 Å². The van der Waals surface area contributed by atoms with E-state index in [2.05, 4.69) is 20.9 Å². The number of hydrogen-bond acceptors (Lipinski definition) is 6. The van der Waals surface area contributed by atoms with Gasteiger partial charge in [0.25, 0.3) is 5.91 Å². The van der Waals surface area contributed by atoms with Crippen LogP contribution < -0.4 is 21.1 Å². The van der Waals surface area contributed by atoms with E-state index in [1.807, 2.05) is 0 Å². The van der Waals surface area contributed by atoms with Crippen LogP contribution in [0.25, 0.3) is 0 Å². The SMILES string of the molecule is COc1ccccc1NC(=O)Cn1nnc(C(=O)Nc2ccc(Cl)cc2)c1N. The molecular formula is C18H17ClN6O3. The topological polar surface area (TPSA) is 124 Å². The van der Waals surface area contributed by atoms with E-state index in [0.717, 1.165) is 4.68 Å². The largest absolute Gasteiger partial charge is 0.495 e. The van der Waals surface area contributed by atoms with Gasteiger partial charge >= 0.3 is 0 Å². The predicted molar refractivity (Wildman–Crippen MR) is 105 cm³/mol. The third kappa shape index (κ3) is 4.38. The van der Waals surface area contributed by atoms with Crippen LogP contribution in [0.2, 0.25) is 5.02 Å². The zero-order valence-electron chi connectivity index (χ0n) is 14.8. The fourth-order valence-electron chi connectivity index (χ4n) is 2.40.